The van der Waals surface area contributed by atoms with Gasteiger partial charge in [0.25, 0.3) is 0 Å². The Bertz CT molecular complexity index is 935. The zero-order chi connectivity index (χ0) is 22.8. The molecule has 1 N–H and O–H groups in total. The molecule has 2 amide bonds. The summed E-state index contributed by atoms with van der Waals surface area (Å²) in [5, 5.41) is 11.9. The first-order valence-electron chi connectivity index (χ1n) is 10.9. The molecule has 1 aliphatic rings. The zero-order valence-corrected chi connectivity index (χ0v) is 18.1. The maximum atomic E-state index is 13.4. The van der Waals surface area contributed by atoms with Gasteiger partial charge in [0, 0.05) is 50.2 Å². The van der Waals surface area contributed by atoms with E-state index in [1.54, 1.807) is 17.0 Å². The molecule has 0 unspecified atom stereocenters. The number of ether oxygens (including phenoxy) is 1. The van der Waals surface area contributed by atoms with E-state index in [1.165, 1.54) is 12.1 Å². The fourth-order valence-electron chi connectivity index (χ4n) is 4.01. The van der Waals surface area contributed by atoms with Crippen LogP contribution in [0.4, 0.5) is 10.1 Å². The monoisotopic (exact) mass is 437 g/mol. The number of hydrogen-bond acceptors (Lipinski definition) is 4. The smallest absolute Gasteiger partial charge is 0.227 e. The van der Waals surface area contributed by atoms with Gasteiger partial charge in [-0.2, -0.15) is 5.26 Å². The summed E-state index contributed by atoms with van der Waals surface area (Å²) < 4.78 is 18.9. The first-order chi connectivity index (χ1) is 15.5. The van der Waals surface area contributed by atoms with E-state index in [9.17, 15) is 14.0 Å². The Balaban J connectivity index is 1.58. The van der Waals surface area contributed by atoms with Gasteiger partial charge < -0.3 is 15.0 Å². The van der Waals surface area contributed by atoms with E-state index in [0.29, 0.717) is 25.4 Å². The number of nitriles is 1. The molecule has 0 radical (unpaired) electrons. The predicted octanol–water partition coefficient (Wildman–Crippen LogP) is 3.72. The molecule has 32 heavy (non-hydrogen) atoms. The number of amides is 2. The Morgan fingerprint density at radius 3 is 2.41 bits per heavy atom. The van der Waals surface area contributed by atoms with Crippen LogP contribution in [-0.4, -0.2) is 38.1 Å². The van der Waals surface area contributed by atoms with Crippen molar-refractivity contribution < 1.29 is 18.7 Å². The molecule has 1 aliphatic heterocycles. The van der Waals surface area contributed by atoms with Crippen molar-refractivity contribution in [2.45, 2.75) is 37.5 Å². The summed E-state index contributed by atoms with van der Waals surface area (Å²) in [5.41, 5.74) is 1.38. The lowest BCUT2D eigenvalue weighted by Crippen LogP contribution is -2.44. The molecule has 168 valence electrons. The van der Waals surface area contributed by atoms with Gasteiger partial charge in [0.1, 0.15) is 5.82 Å². The lowest BCUT2D eigenvalue weighted by molar-refractivity contribution is -0.125. The standard InChI is InChI=1S/C25H28FN3O3/c26-21-9-7-20(8-10-21)25(13-17-32-18-14-25)19-28-23(30)11-12-24(31)29(16-4-15-27)22-5-2-1-3-6-22/h1-3,5-10H,4,11-14,16-19H2,(H,28,30). The Morgan fingerprint density at radius 1 is 1.06 bits per heavy atom. The number of nitrogens with zero attached hydrogens (tertiary/aromatic N) is 2. The molecule has 1 heterocycles. The van der Waals surface area contributed by atoms with Crippen molar-refractivity contribution in [1.82, 2.24) is 5.32 Å². The van der Waals surface area contributed by atoms with Crippen molar-refractivity contribution in [3.63, 3.8) is 0 Å². The SMILES string of the molecule is N#CCCN(C(=O)CCC(=O)NCC1(c2ccc(F)cc2)CCOCC1)c1ccccc1. The van der Waals surface area contributed by atoms with Crippen LogP contribution in [0.1, 0.15) is 37.7 Å². The van der Waals surface area contributed by atoms with Crippen molar-refractivity contribution >= 4 is 17.5 Å². The Morgan fingerprint density at radius 2 is 1.75 bits per heavy atom. The van der Waals surface area contributed by atoms with Gasteiger partial charge in [0.05, 0.1) is 12.5 Å². The molecule has 2 aromatic carbocycles. The quantitative estimate of drug-likeness (QED) is 0.648. The normalized spacial score (nSPS) is 14.9. The van der Waals surface area contributed by atoms with Crippen LogP contribution in [0.3, 0.4) is 0 Å². The second-order valence-electron chi connectivity index (χ2n) is 7.97. The molecule has 0 atom stereocenters. The first-order valence-corrected chi connectivity index (χ1v) is 10.9. The van der Waals surface area contributed by atoms with Crippen LogP contribution >= 0.6 is 0 Å². The van der Waals surface area contributed by atoms with E-state index in [-0.39, 0.29) is 48.9 Å². The van der Waals surface area contributed by atoms with Gasteiger partial charge in [-0.3, -0.25) is 9.59 Å². The zero-order valence-electron chi connectivity index (χ0n) is 18.1. The second kappa shape index (κ2) is 11.4. The summed E-state index contributed by atoms with van der Waals surface area (Å²) in [6.07, 6.45) is 1.79. The van der Waals surface area contributed by atoms with Crippen LogP contribution < -0.4 is 10.2 Å². The fraction of sp³-hybridized carbons (Fsp3) is 0.400. The number of hydrogen-bond donors (Lipinski definition) is 1. The van der Waals surface area contributed by atoms with E-state index < -0.39 is 0 Å². The van der Waals surface area contributed by atoms with Crippen molar-refractivity contribution in [3.05, 3.63) is 66.0 Å². The number of para-hydroxylation sites is 1. The summed E-state index contributed by atoms with van der Waals surface area (Å²) in [7, 11) is 0. The number of rotatable bonds is 9. The minimum absolute atomic E-state index is 0.0544. The fourth-order valence-corrected chi connectivity index (χ4v) is 4.01. The Hall–Kier alpha value is -3.24. The highest BCUT2D eigenvalue weighted by molar-refractivity contribution is 5.95. The third-order valence-electron chi connectivity index (χ3n) is 5.91. The van der Waals surface area contributed by atoms with Crippen LogP contribution in [0.15, 0.2) is 54.6 Å². The predicted molar refractivity (Wildman–Crippen MR) is 119 cm³/mol. The van der Waals surface area contributed by atoms with E-state index in [1.807, 2.05) is 30.3 Å². The average molecular weight is 438 g/mol. The summed E-state index contributed by atoms with van der Waals surface area (Å²) in [4.78, 5) is 26.9. The molecular formula is C25H28FN3O3. The van der Waals surface area contributed by atoms with Gasteiger partial charge in [0.2, 0.25) is 11.8 Å². The van der Waals surface area contributed by atoms with Crippen molar-refractivity contribution in [2.24, 2.45) is 0 Å². The van der Waals surface area contributed by atoms with E-state index in [2.05, 4.69) is 11.4 Å². The molecule has 0 bridgehead atoms. The maximum Gasteiger partial charge on any atom is 0.227 e. The molecule has 2 aromatic rings. The van der Waals surface area contributed by atoms with E-state index >= 15 is 0 Å². The van der Waals surface area contributed by atoms with Crippen LogP contribution in [0.2, 0.25) is 0 Å². The van der Waals surface area contributed by atoms with Gasteiger partial charge in [-0.15, -0.1) is 0 Å². The first kappa shape index (κ1) is 23.4. The molecule has 6 nitrogen and oxygen atoms in total. The number of benzene rings is 2. The lowest BCUT2D eigenvalue weighted by Gasteiger charge is -2.38. The topological polar surface area (TPSA) is 82.4 Å². The summed E-state index contributed by atoms with van der Waals surface area (Å²) in [6, 6.07) is 17.6. The van der Waals surface area contributed by atoms with Gasteiger partial charge in [-0.25, -0.2) is 4.39 Å². The van der Waals surface area contributed by atoms with Gasteiger partial charge in [-0.05, 0) is 42.7 Å². The van der Waals surface area contributed by atoms with Crippen molar-refractivity contribution in [3.8, 4) is 6.07 Å². The minimum Gasteiger partial charge on any atom is -0.381 e. The second-order valence-corrected chi connectivity index (χ2v) is 7.97. The molecule has 0 aliphatic carbocycles. The molecule has 1 fully saturated rings. The van der Waals surface area contributed by atoms with Crippen LogP contribution in [0.5, 0.6) is 0 Å². The Kier molecular flexibility index (Phi) is 8.34. The summed E-state index contributed by atoms with van der Waals surface area (Å²) >= 11 is 0. The summed E-state index contributed by atoms with van der Waals surface area (Å²) in [5.74, 6) is -0.696. The van der Waals surface area contributed by atoms with Crippen LogP contribution in [0.25, 0.3) is 0 Å². The largest absolute Gasteiger partial charge is 0.381 e. The van der Waals surface area contributed by atoms with Crippen molar-refractivity contribution in [2.75, 3.05) is 31.2 Å². The molecule has 0 aromatic heterocycles. The van der Waals surface area contributed by atoms with Gasteiger partial charge in [0.15, 0.2) is 0 Å². The lowest BCUT2D eigenvalue weighted by atomic mass is 9.74. The van der Waals surface area contributed by atoms with E-state index in [0.717, 1.165) is 18.4 Å². The third-order valence-corrected chi connectivity index (χ3v) is 5.91. The molecule has 0 saturated carbocycles. The third kappa shape index (κ3) is 6.14. The van der Waals surface area contributed by atoms with E-state index in [4.69, 9.17) is 10.00 Å². The molecule has 0 spiro atoms. The number of nitrogens with one attached hydrogen (secondary N) is 1. The number of carbonyl (C=O) groups is 2. The number of anilines is 1. The molecule has 3 rings (SSSR count). The molecule has 1 saturated heterocycles. The van der Waals surface area contributed by atoms with Gasteiger partial charge >= 0.3 is 0 Å². The highest BCUT2D eigenvalue weighted by atomic mass is 19.1. The minimum atomic E-state index is -0.311. The van der Waals surface area contributed by atoms with Gasteiger partial charge in [-0.1, -0.05) is 30.3 Å². The number of carbonyl (C=O) groups excluding carboxylic acids is 2. The molecular weight excluding hydrogens is 409 g/mol. The number of halogens is 1. The average Bonchev–Trinajstić information content (AvgIpc) is 2.83. The summed E-state index contributed by atoms with van der Waals surface area (Å²) in [6.45, 7) is 1.85. The Labute approximate surface area is 188 Å². The maximum absolute atomic E-state index is 13.4. The molecule has 7 heteroatoms. The van der Waals surface area contributed by atoms with Crippen molar-refractivity contribution in [1.29, 1.82) is 5.26 Å². The van der Waals surface area contributed by atoms with Crippen LogP contribution in [0, 0.1) is 17.1 Å². The highest BCUT2D eigenvalue weighted by Gasteiger charge is 2.35. The van der Waals surface area contributed by atoms with Crippen LogP contribution in [-0.2, 0) is 19.7 Å². The highest BCUT2D eigenvalue weighted by Crippen LogP contribution is 2.34.